The van der Waals surface area contributed by atoms with Crippen LogP contribution in [0, 0.1) is 12.8 Å². The molecule has 1 fully saturated rings. The summed E-state index contributed by atoms with van der Waals surface area (Å²) in [4.78, 5) is 13.5. The van der Waals surface area contributed by atoms with Gasteiger partial charge in [0.25, 0.3) is 0 Å². The van der Waals surface area contributed by atoms with Crippen molar-refractivity contribution in [2.24, 2.45) is 5.92 Å². The Morgan fingerprint density at radius 3 is 2.61 bits per heavy atom. The van der Waals surface area contributed by atoms with Gasteiger partial charge in [-0.15, -0.1) is 0 Å². The summed E-state index contributed by atoms with van der Waals surface area (Å²) >= 11 is 0. The number of aliphatic hydroxyl groups excluding tert-OH is 2. The molecule has 1 heterocycles. The predicted molar refractivity (Wildman–Crippen MR) is 118 cm³/mol. The molecule has 8 nitrogen and oxygen atoms in total. The van der Waals surface area contributed by atoms with Gasteiger partial charge < -0.3 is 15.5 Å². The Labute approximate surface area is 183 Å². The van der Waals surface area contributed by atoms with E-state index >= 15 is 0 Å². The van der Waals surface area contributed by atoms with E-state index in [0.29, 0.717) is 23.7 Å². The normalized spacial score (nSPS) is 16.9. The van der Waals surface area contributed by atoms with Crippen molar-refractivity contribution in [1.29, 1.82) is 0 Å². The molecule has 1 aromatic heterocycles. The van der Waals surface area contributed by atoms with Crippen LogP contribution in [-0.2, 0) is 21.2 Å². The number of nitrogens with zero attached hydrogens (tertiary/aromatic N) is 2. The van der Waals surface area contributed by atoms with Crippen molar-refractivity contribution in [3.05, 3.63) is 41.6 Å². The van der Waals surface area contributed by atoms with Gasteiger partial charge in [-0.2, -0.15) is 5.10 Å². The minimum absolute atomic E-state index is 0.129. The summed E-state index contributed by atoms with van der Waals surface area (Å²) < 4.78 is 25.4. The van der Waals surface area contributed by atoms with Crippen LogP contribution >= 0.6 is 0 Å². The number of benzene rings is 1. The zero-order valence-electron chi connectivity index (χ0n) is 18.0. The van der Waals surface area contributed by atoms with Gasteiger partial charge in [0.05, 0.1) is 30.1 Å². The van der Waals surface area contributed by atoms with Crippen LogP contribution in [0.5, 0.6) is 0 Å². The van der Waals surface area contributed by atoms with Crippen LogP contribution in [0.25, 0.3) is 0 Å². The lowest BCUT2D eigenvalue weighted by Gasteiger charge is -2.21. The first kappa shape index (κ1) is 23.4. The highest BCUT2D eigenvalue weighted by atomic mass is 32.2. The molecule has 3 N–H and O–H groups in total. The van der Waals surface area contributed by atoms with Crippen molar-refractivity contribution in [3.63, 3.8) is 0 Å². The standard InChI is InChI=1S/C22H31N3O5S/c1-15-11-17(7-8-20(15)31(2,29)30)19(12-16-5-3-4-6-16)22(28)23-21-9-10-25(24-21)13-18(27)14-26/h7-11,16,18-19,26-27H,3-6,12-14H2,1-2H3,(H,23,24,28)/t18-,19-/m1/s1. The second-order valence-corrected chi connectivity index (χ2v) is 10.5. The van der Waals surface area contributed by atoms with E-state index in [0.717, 1.165) is 18.4 Å². The maximum absolute atomic E-state index is 13.2. The highest BCUT2D eigenvalue weighted by Gasteiger charge is 2.28. The summed E-state index contributed by atoms with van der Waals surface area (Å²) in [5.41, 5.74) is 1.43. The lowest BCUT2D eigenvalue weighted by molar-refractivity contribution is -0.118. The molecule has 3 rings (SSSR count). The Balaban J connectivity index is 1.81. The molecule has 0 spiro atoms. The van der Waals surface area contributed by atoms with Gasteiger partial charge in [-0.3, -0.25) is 9.48 Å². The highest BCUT2D eigenvalue weighted by molar-refractivity contribution is 7.90. The third-order valence-corrected chi connectivity index (χ3v) is 7.12. The number of rotatable bonds is 9. The summed E-state index contributed by atoms with van der Waals surface area (Å²) in [5, 5.41) is 25.6. The number of carbonyl (C=O) groups excluding carboxylic acids is 1. The third kappa shape index (κ3) is 6.15. The number of aliphatic hydroxyl groups is 2. The number of carbonyl (C=O) groups is 1. The van der Waals surface area contributed by atoms with Gasteiger partial charge in [-0.05, 0) is 36.5 Å². The van der Waals surface area contributed by atoms with Crippen molar-refractivity contribution in [1.82, 2.24) is 9.78 Å². The number of aryl methyl sites for hydroxylation is 1. The molecular formula is C22H31N3O5S. The molecule has 1 amide bonds. The van der Waals surface area contributed by atoms with Gasteiger partial charge in [-0.25, -0.2) is 8.42 Å². The van der Waals surface area contributed by atoms with Gasteiger partial charge in [0.15, 0.2) is 15.7 Å². The monoisotopic (exact) mass is 449 g/mol. The molecule has 1 aromatic carbocycles. The number of anilines is 1. The molecule has 2 atom stereocenters. The van der Waals surface area contributed by atoms with E-state index in [9.17, 15) is 18.3 Å². The van der Waals surface area contributed by atoms with E-state index < -0.39 is 21.9 Å². The molecule has 0 saturated heterocycles. The largest absolute Gasteiger partial charge is 0.394 e. The average molecular weight is 450 g/mol. The first-order valence-corrected chi connectivity index (χ1v) is 12.5. The van der Waals surface area contributed by atoms with Crippen molar-refractivity contribution in [3.8, 4) is 0 Å². The fraction of sp³-hybridized carbons (Fsp3) is 0.545. The number of sulfone groups is 1. The van der Waals surface area contributed by atoms with Crippen LogP contribution in [0.4, 0.5) is 5.82 Å². The molecule has 0 radical (unpaired) electrons. The fourth-order valence-corrected chi connectivity index (χ4v) is 5.26. The Morgan fingerprint density at radius 1 is 1.29 bits per heavy atom. The van der Waals surface area contributed by atoms with Crippen molar-refractivity contribution in [2.45, 2.75) is 62.5 Å². The zero-order valence-corrected chi connectivity index (χ0v) is 18.8. The summed E-state index contributed by atoms with van der Waals surface area (Å²) in [6, 6.07) is 6.76. The fourth-order valence-electron chi connectivity index (χ4n) is 4.30. The van der Waals surface area contributed by atoms with Crippen molar-refractivity contribution < 1.29 is 23.4 Å². The van der Waals surface area contributed by atoms with E-state index in [1.807, 2.05) is 0 Å². The molecule has 1 aliphatic carbocycles. The maximum Gasteiger partial charge on any atom is 0.233 e. The molecular weight excluding hydrogens is 418 g/mol. The predicted octanol–water partition coefficient (Wildman–Crippen LogP) is 2.25. The van der Waals surface area contributed by atoms with Gasteiger partial charge in [0, 0.05) is 18.5 Å². The summed E-state index contributed by atoms with van der Waals surface area (Å²) in [6.45, 7) is 1.51. The van der Waals surface area contributed by atoms with E-state index in [-0.39, 0.29) is 24.0 Å². The second kappa shape index (κ2) is 9.93. The van der Waals surface area contributed by atoms with E-state index in [2.05, 4.69) is 10.4 Å². The van der Waals surface area contributed by atoms with Gasteiger partial charge >= 0.3 is 0 Å². The summed E-state index contributed by atoms with van der Waals surface area (Å²) in [7, 11) is -3.33. The van der Waals surface area contributed by atoms with E-state index in [1.165, 1.54) is 23.8 Å². The van der Waals surface area contributed by atoms with Gasteiger partial charge in [0.1, 0.15) is 0 Å². The zero-order chi connectivity index (χ0) is 22.6. The van der Waals surface area contributed by atoms with Crippen LogP contribution in [0.1, 0.15) is 49.1 Å². The first-order chi connectivity index (χ1) is 14.7. The molecule has 31 heavy (non-hydrogen) atoms. The Bertz CT molecular complexity index is 1010. The smallest absolute Gasteiger partial charge is 0.233 e. The number of amides is 1. The highest BCUT2D eigenvalue weighted by Crippen LogP contribution is 2.35. The second-order valence-electron chi connectivity index (χ2n) is 8.48. The molecule has 170 valence electrons. The number of hydrogen-bond acceptors (Lipinski definition) is 6. The SMILES string of the molecule is Cc1cc([C@@H](CC2CCCC2)C(=O)Nc2ccn(C[C@@H](O)CO)n2)ccc1S(C)(=O)=O. The minimum Gasteiger partial charge on any atom is -0.394 e. The molecule has 0 unspecified atom stereocenters. The Kier molecular flexibility index (Phi) is 7.51. The summed E-state index contributed by atoms with van der Waals surface area (Å²) in [5.74, 6) is 0.230. The number of hydrogen-bond donors (Lipinski definition) is 3. The molecule has 1 saturated carbocycles. The quantitative estimate of drug-likeness (QED) is 0.540. The lowest BCUT2D eigenvalue weighted by Crippen LogP contribution is -2.24. The van der Waals surface area contributed by atoms with Crippen LogP contribution < -0.4 is 5.32 Å². The average Bonchev–Trinajstić information content (AvgIpc) is 3.36. The van der Waals surface area contributed by atoms with Gasteiger partial charge in [0.2, 0.25) is 5.91 Å². The van der Waals surface area contributed by atoms with E-state index in [4.69, 9.17) is 5.11 Å². The van der Waals surface area contributed by atoms with Gasteiger partial charge in [-0.1, -0.05) is 37.8 Å². The van der Waals surface area contributed by atoms with Crippen molar-refractivity contribution >= 4 is 21.6 Å². The lowest BCUT2D eigenvalue weighted by atomic mass is 9.86. The molecule has 0 bridgehead atoms. The molecule has 0 aliphatic heterocycles. The third-order valence-electron chi connectivity index (χ3n) is 5.86. The topological polar surface area (TPSA) is 122 Å². The maximum atomic E-state index is 13.2. The number of nitrogens with one attached hydrogen (secondary N) is 1. The Morgan fingerprint density at radius 2 is 2.00 bits per heavy atom. The first-order valence-electron chi connectivity index (χ1n) is 10.6. The van der Waals surface area contributed by atoms with Crippen LogP contribution in [0.2, 0.25) is 0 Å². The van der Waals surface area contributed by atoms with Crippen LogP contribution in [-0.4, -0.2) is 53.3 Å². The molecule has 9 heteroatoms. The minimum atomic E-state index is -3.33. The summed E-state index contributed by atoms with van der Waals surface area (Å²) in [6.07, 6.45) is 7.12. The van der Waals surface area contributed by atoms with E-state index in [1.54, 1.807) is 37.4 Å². The number of aromatic nitrogens is 2. The van der Waals surface area contributed by atoms with Crippen LogP contribution in [0.15, 0.2) is 35.4 Å². The van der Waals surface area contributed by atoms with Crippen molar-refractivity contribution in [2.75, 3.05) is 18.2 Å². The van der Waals surface area contributed by atoms with Crippen LogP contribution in [0.3, 0.4) is 0 Å². The molecule has 2 aromatic rings. The molecule has 1 aliphatic rings. The Hall–Kier alpha value is -2.23.